The van der Waals surface area contributed by atoms with E-state index in [0.29, 0.717) is 23.4 Å². The summed E-state index contributed by atoms with van der Waals surface area (Å²) in [6.07, 6.45) is 1.53. The lowest BCUT2D eigenvalue weighted by molar-refractivity contribution is -0.384. The predicted molar refractivity (Wildman–Crippen MR) is 113 cm³/mol. The topological polar surface area (TPSA) is 87.3 Å². The molecule has 146 valence electrons. The number of benzene rings is 2. The van der Waals surface area contributed by atoms with E-state index in [1.54, 1.807) is 12.1 Å². The van der Waals surface area contributed by atoms with Crippen LogP contribution in [0.5, 0.6) is 5.75 Å². The molecule has 4 rings (SSSR count). The third kappa shape index (κ3) is 3.88. The summed E-state index contributed by atoms with van der Waals surface area (Å²) in [6.45, 7) is 2.71. The van der Waals surface area contributed by atoms with E-state index in [2.05, 4.69) is 4.98 Å². The zero-order valence-corrected chi connectivity index (χ0v) is 16.4. The maximum atomic E-state index is 13.0. The van der Waals surface area contributed by atoms with Crippen LogP contribution >= 0.6 is 11.3 Å². The SMILES string of the molecule is Cc1ccc(OCCn2cnc3scc(-c4ccc([N+](=O)[O-])cc4)c3c2=O)cc1. The van der Waals surface area contributed by atoms with Crippen molar-refractivity contribution < 1.29 is 9.66 Å². The van der Waals surface area contributed by atoms with Crippen LogP contribution in [0, 0.1) is 17.0 Å². The molecule has 0 aliphatic rings. The van der Waals surface area contributed by atoms with Gasteiger partial charge in [0.25, 0.3) is 11.2 Å². The number of thiophene rings is 1. The number of nitrogens with zero attached hydrogens (tertiary/aromatic N) is 3. The number of aromatic nitrogens is 2. The summed E-state index contributed by atoms with van der Waals surface area (Å²) in [5.41, 5.74) is 2.48. The Kier molecular flexibility index (Phi) is 5.09. The average Bonchev–Trinajstić information content (AvgIpc) is 3.16. The van der Waals surface area contributed by atoms with Gasteiger partial charge in [-0.05, 0) is 36.8 Å². The number of rotatable bonds is 6. The summed E-state index contributed by atoms with van der Waals surface area (Å²) >= 11 is 1.37. The van der Waals surface area contributed by atoms with Crippen molar-refractivity contribution in [3.63, 3.8) is 0 Å². The maximum Gasteiger partial charge on any atom is 0.269 e. The van der Waals surface area contributed by atoms with Crippen LogP contribution in [0.3, 0.4) is 0 Å². The van der Waals surface area contributed by atoms with Crippen LogP contribution in [0.2, 0.25) is 0 Å². The molecule has 4 aromatic rings. The van der Waals surface area contributed by atoms with Gasteiger partial charge in [0.2, 0.25) is 0 Å². The van der Waals surface area contributed by atoms with Crippen LogP contribution in [-0.2, 0) is 6.54 Å². The first kappa shape index (κ1) is 18.8. The molecule has 0 amide bonds. The van der Waals surface area contributed by atoms with Gasteiger partial charge in [-0.2, -0.15) is 0 Å². The number of non-ortho nitro benzene ring substituents is 1. The highest BCUT2D eigenvalue weighted by atomic mass is 32.1. The monoisotopic (exact) mass is 407 g/mol. The molecule has 29 heavy (non-hydrogen) atoms. The van der Waals surface area contributed by atoms with Gasteiger partial charge < -0.3 is 4.74 Å². The molecular formula is C21H17N3O4S. The summed E-state index contributed by atoms with van der Waals surface area (Å²) in [5.74, 6) is 0.750. The van der Waals surface area contributed by atoms with Crippen LogP contribution < -0.4 is 10.3 Å². The van der Waals surface area contributed by atoms with Crippen molar-refractivity contribution in [2.24, 2.45) is 0 Å². The van der Waals surface area contributed by atoms with Crippen LogP contribution in [0.25, 0.3) is 21.3 Å². The molecule has 0 radical (unpaired) electrons. The van der Waals surface area contributed by atoms with Crippen molar-refractivity contribution in [1.82, 2.24) is 9.55 Å². The van der Waals surface area contributed by atoms with Gasteiger partial charge in [-0.1, -0.05) is 17.7 Å². The van der Waals surface area contributed by atoms with Crippen molar-refractivity contribution in [2.45, 2.75) is 13.5 Å². The number of hydrogen-bond donors (Lipinski definition) is 0. The standard InChI is InChI=1S/C21H17N3O4S/c1-14-2-8-17(9-3-14)28-11-10-23-13-22-20-19(21(23)25)18(12-29-20)15-4-6-16(7-5-15)24(26)27/h2-9,12-13H,10-11H2,1H3. The van der Waals surface area contributed by atoms with Crippen LogP contribution in [0.1, 0.15) is 5.56 Å². The molecule has 0 saturated heterocycles. The second-order valence-electron chi connectivity index (χ2n) is 6.54. The smallest absolute Gasteiger partial charge is 0.269 e. The first-order chi connectivity index (χ1) is 14.0. The molecule has 0 spiro atoms. The van der Waals surface area contributed by atoms with Crippen LogP contribution in [0.15, 0.2) is 65.0 Å². The summed E-state index contributed by atoms with van der Waals surface area (Å²) in [6, 6.07) is 13.9. The molecule has 8 heteroatoms. The zero-order valence-electron chi connectivity index (χ0n) is 15.6. The number of ether oxygens (including phenoxy) is 1. The van der Waals surface area contributed by atoms with Crippen LogP contribution in [0.4, 0.5) is 5.69 Å². The Morgan fingerprint density at radius 2 is 1.86 bits per heavy atom. The first-order valence-electron chi connectivity index (χ1n) is 8.94. The van der Waals surface area contributed by atoms with Crippen molar-refractivity contribution in [3.8, 4) is 16.9 Å². The van der Waals surface area contributed by atoms with E-state index in [4.69, 9.17) is 4.74 Å². The largest absolute Gasteiger partial charge is 0.492 e. The lowest BCUT2D eigenvalue weighted by Crippen LogP contribution is -2.23. The Balaban J connectivity index is 1.59. The molecule has 2 aromatic carbocycles. The molecule has 0 unspecified atom stereocenters. The van der Waals surface area contributed by atoms with Gasteiger partial charge in [0.15, 0.2) is 0 Å². The number of nitro groups is 1. The van der Waals surface area contributed by atoms with E-state index in [-0.39, 0.29) is 11.2 Å². The Hall–Kier alpha value is -3.52. The van der Waals surface area contributed by atoms with E-state index in [1.807, 2.05) is 36.6 Å². The van der Waals surface area contributed by atoms with Gasteiger partial charge >= 0.3 is 0 Å². The molecule has 0 aliphatic carbocycles. The number of aryl methyl sites for hydroxylation is 1. The summed E-state index contributed by atoms with van der Waals surface area (Å²) in [4.78, 5) is 28.5. The summed E-state index contributed by atoms with van der Waals surface area (Å²) < 4.78 is 7.24. The van der Waals surface area contributed by atoms with Gasteiger partial charge in [-0.3, -0.25) is 19.5 Å². The second kappa shape index (κ2) is 7.84. The van der Waals surface area contributed by atoms with Crippen molar-refractivity contribution in [2.75, 3.05) is 6.61 Å². The Morgan fingerprint density at radius 1 is 1.14 bits per heavy atom. The lowest BCUT2D eigenvalue weighted by Gasteiger charge is -2.09. The predicted octanol–water partition coefficient (Wildman–Crippen LogP) is 4.42. The lowest BCUT2D eigenvalue weighted by atomic mass is 10.1. The molecule has 0 bridgehead atoms. The van der Waals surface area contributed by atoms with E-state index < -0.39 is 4.92 Å². The second-order valence-corrected chi connectivity index (χ2v) is 7.40. The molecule has 0 fully saturated rings. The third-order valence-corrected chi connectivity index (χ3v) is 5.46. The fourth-order valence-electron chi connectivity index (χ4n) is 3.00. The Bertz CT molecular complexity index is 1230. The van der Waals surface area contributed by atoms with E-state index in [9.17, 15) is 14.9 Å². The molecule has 2 aromatic heterocycles. The minimum atomic E-state index is -0.446. The molecule has 0 N–H and O–H groups in total. The van der Waals surface area contributed by atoms with Gasteiger partial charge in [-0.25, -0.2) is 4.98 Å². The van der Waals surface area contributed by atoms with Crippen molar-refractivity contribution in [3.05, 3.63) is 86.3 Å². The number of fused-ring (bicyclic) bond motifs is 1. The van der Waals surface area contributed by atoms with E-state index >= 15 is 0 Å². The fraction of sp³-hybridized carbons (Fsp3) is 0.143. The molecule has 0 saturated carbocycles. The normalized spacial score (nSPS) is 10.9. The molecule has 7 nitrogen and oxygen atoms in total. The summed E-state index contributed by atoms with van der Waals surface area (Å²) in [7, 11) is 0. The maximum absolute atomic E-state index is 13.0. The highest BCUT2D eigenvalue weighted by Gasteiger charge is 2.14. The van der Waals surface area contributed by atoms with Gasteiger partial charge in [0.05, 0.1) is 23.2 Å². The fourth-order valence-corrected chi connectivity index (χ4v) is 3.90. The third-order valence-electron chi connectivity index (χ3n) is 4.57. The number of nitro benzene ring substituents is 1. The number of hydrogen-bond acceptors (Lipinski definition) is 6. The first-order valence-corrected chi connectivity index (χ1v) is 9.82. The molecule has 2 heterocycles. The highest BCUT2D eigenvalue weighted by Crippen LogP contribution is 2.31. The quantitative estimate of drug-likeness (QED) is 0.349. The average molecular weight is 407 g/mol. The molecule has 0 aliphatic heterocycles. The van der Waals surface area contributed by atoms with Crippen LogP contribution in [-0.4, -0.2) is 21.1 Å². The van der Waals surface area contributed by atoms with Gasteiger partial charge in [0.1, 0.15) is 17.2 Å². The highest BCUT2D eigenvalue weighted by molar-refractivity contribution is 7.17. The Morgan fingerprint density at radius 3 is 2.55 bits per heavy atom. The van der Waals surface area contributed by atoms with Gasteiger partial charge in [0, 0.05) is 23.1 Å². The molecule has 0 atom stereocenters. The Labute approximate surface area is 170 Å². The summed E-state index contributed by atoms with van der Waals surface area (Å²) in [5, 5.41) is 13.2. The van der Waals surface area contributed by atoms with Gasteiger partial charge in [-0.15, -0.1) is 11.3 Å². The van der Waals surface area contributed by atoms with E-state index in [0.717, 1.165) is 22.4 Å². The minimum Gasteiger partial charge on any atom is -0.492 e. The van der Waals surface area contributed by atoms with Crippen molar-refractivity contribution in [1.29, 1.82) is 0 Å². The zero-order chi connectivity index (χ0) is 20.4. The molecular weight excluding hydrogens is 390 g/mol. The van der Waals surface area contributed by atoms with E-state index in [1.165, 1.54) is 34.4 Å². The van der Waals surface area contributed by atoms with Crippen molar-refractivity contribution >= 4 is 27.2 Å². The minimum absolute atomic E-state index is 0.0112.